The number of phenols is 1. The van der Waals surface area contributed by atoms with E-state index in [9.17, 15) is 45.7 Å². The van der Waals surface area contributed by atoms with Gasteiger partial charge in [-0.05, 0) is 103 Å². The smallest absolute Gasteiger partial charge is 0.336 e. The number of carboxylic acid groups (broad SMARTS) is 1. The molecule has 0 amide bonds. The number of carbonyl (C=O) groups is 1. The van der Waals surface area contributed by atoms with Gasteiger partial charge in [0.15, 0.2) is 26.4 Å². The molecule has 4 aromatic carbocycles. The van der Waals surface area contributed by atoms with E-state index in [2.05, 4.69) is 10.6 Å². The van der Waals surface area contributed by atoms with Crippen molar-refractivity contribution in [2.45, 2.75) is 51.6 Å². The van der Waals surface area contributed by atoms with Crippen LogP contribution >= 0.6 is 12.2 Å². The zero-order chi connectivity index (χ0) is 48.4. The van der Waals surface area contributed by atoms with Crippen LogP contribution < -0.4 is 26.7 Å². The van der Waals surface area contributed by atoms with E-state index >= 15 is 0 Å². The molecule has 3 aliphatic heterocycles. The van der Waals surface area contributed by atoms with E-state index in [0.717, 1.165) is 16.7 Å². The summed E-state index contributed by atoms with van der Waals surface area (Å²) in [5, 5.41) is 27.4. The molecular formula is C48H44N5O11S3-. The van der Waals surface area contributed by atoms with Crippen molar-refractivity contribution >= 4 is 77.3 Å². The average molecular weight is 963 g/mol. The lowest BCUT2D eigenvalue weighted by Crippen LogP contribution is -2.31. The van der Waals surface area contributed by atoms with Crippen LogP contribution in [0.4, 0.5) is 17.1 Å². The first-order valence-corrected chi connectivity index (χ1v) is 24.3. The molecule has 16 nitrogen and oxygen atoms in total. The van der Waals surface area contributed by atoms with Gasteiger partial charge in [0.05, 0.1) is 11.0 Å². The Morgan fingerprint density at radius 1 is 0.881 bits per heavy atom. The third kappa shape index (κ3) is 9.21. The monoisotopic (exact) mass is 962 g/mol. The summed E-state index contributed by atoms with van der Waals surface area (Å²) in [5.74, 6) is -2.76. The number of hydrogen-bond donors (Lipinski definition) is 5. The van der Waals surface area contributed by atoms with Gasteiger partial charge >= 0.3 is 5.97 Å². The van der Waals surface area contributed by atoms with Crippen LogP contribution in [0.1, 0.15) is 60.3 Å². The predicted molar refractivity (Wildman–Crippen MR) is 257 cm³/mol. The van der Waals surface area contributed by atoms with Crippen LogP contribution in [0.15, 0.2) is 124 Å². The molecule has 67 heavy (non-hydrogen) atoms. The van der Waals surface area contributed by atoms with Crippen molar-refractivity contribution in [2.75, 3.05) is 22.0 Å². The summed E-state index contributed by atoms with van der Waals surface area (Å²) in [6.45, 7) is 8.00. The molecule has 4 aromatic rings. The fourth-order valence-corrected chi connectivity index (χ4v) is 10.4. The van der Waals surface area contributed by atoms with Crippen LogP contribution in [-0.4, -0.2) is 69.3 Å². The summed E-state index contributed by atoms with van der Waals surface area (Å²) >= 11 is 5.62. The summed E-state index contributed by atoms with van der Waals surface area (Å²) < 4.78 is 80.6. The van der Waals surface area contributed by atoms with Crippen molar-refractivity contribution in [1.29, 1.82) is 0 Å². The number of hydrogen-bond acceptors (Lipinski definition) is 13. The molecule has 0 atom stereocenters. The molecular weight excluding hydrogens is 919 g/mol. The Kier molecular flexibility index (Phi) is 12.0. The highest BCUT2D eigenvalue weighted by atomic mass is 32.2. The minimum Gasteiger partial charge on any atom is -0.747 e. The van der Waals surface area contributed by atoms with Gasteiger partial charge in [-0.1, -0.05) is 44.2 Å². The predicted octanol–water partition coefficient (Wildman–Crippen LogP) is 6.53. The van der Waals surface area contributed by atoms with Gasteiger partial charge in [0.2, 0.25) is 11.6 Å². The lowest BCUT2D eigenvalue weighted by atomic mass is 9.80. The Hall–Kier alpha value is -6.74. The molecule has 3 heterocycles. The Balaban J connectivity index is 1.05. The third-order valence-corrected chi connectivity index (χ3v) is 13.5. The van der Waals surface area contributed by atoms with Gasteiger partial charge in [-0.3, -0.25) is 4.79 Å². The SMILES string of the molecule is CC1(C)C(=CC=CC2=[N+](CS(=O)(=O)[O-])c3ccc(CN)cc3C2(C)C)N(CS(=O)(=O)[O-])c2ccc(CNC(=S)Nc3ccc(-c4c5ccc(=O)cc-5oc5cc(O)ccc45)c(C(=O)O)c3)cc21. The largest absolute Gasteiger partial charge is 0.747 e. The molecule has 346 valence electrons. The molecule has 1 aliphatic carbocycles. The van der Waals surface area contributed by atoms with Gasteiger partial charge < -0.3 is 45.0 Å². The number of thiocarbonyl (C=S) groups is 1. The van der Waals surface area contributed by atoms with Crippen LogP contribution in [0, 0.1) is 0 Å². The highest BCUT2D eigenvalue weighted by molar-refractivity contribution is 7.85. The van der Waals surface area contributed by atoms with E-state index < -0.39 is 48.8 Å². The second-order valence-electron chi connectivity index (χ2n) is 17.4. The van der Waals surface area contributed by atoms with Crippen molar-refractivity contribution in [3.63, 3.8) is 0 Å². The first kappa shape index (κ1) is 46.8. The van der Waals surface area contributed by atoms with Gasteiger partial charge in [0, 0.05) is 81.9 Å². The maximum Gasteiger partial charge on any atom is 0.336 e. The van der Waals surface area contributed by atoms with Crippen molar-refractivity contribution in [3.05, 3.63) is 153 Å². The van der Waals surface area contributed by atoms with Gasteiger partial charge in [-0.25, -0.2) is 21.6 Å². The van der Waals surface area contributed by atoms with E-state index in [1.807, 2.05) is 39.8 Å². The van der Waals surface area contributed by atoms with E-state index in [1.54, 1.807) is 66.8 Å². The molecule has 0 radical (unpaired) electrons. The second-order valence-corrected chi connectivity index (χ2v) is 20.5. The standard InChI is InChI=1S/C48H45N5O11S3/c1-47(2)36-18-27(23-49)8-16-38(36)52(25-66(58,59)60)42(47)6-5-7-43-48(3,4)37-19-28(9-17-39(37)53(43)26-67(61,62)63)24-50-46(65)51-29-10-13-32(35(20-29)45(56)57)44-33-14-11-30(54)21-40(33)64-41-22-31(55)12-15-34(41)44/h5-22H,23-26,49H2,1-4H3,(H5-,50,51,54,55,56,57,58,59,60,61,62,63,65)/p-1. The molecule has 0 bridgehead atoms. The molecule has 6 N–H and O–H groups in total. The minimum atomic E-state index is -4.79. The second kappa shape index (κ2) is 17.2. The zero-order valence-electron chi connectivity index (χ0n) is 36.5. The minimum absolute atomic E-state index is 0.0730. The first-order chi connectivity index (χ1) is 31.4. The summed E-state index contributed by atoms with van der Waals surface area (Å²) in [6, 6.07) is 24.1. The molecule has 0 aromatic heterocycles. The maximum absolute atomic E-state index is 12.8. The van der Waals surface area contributed by atoms with E-state index in [4.69, 9.17) is 22.4 Å². The number of nitrogens with one attached hydrogen (secondary N) is 2. The summed E-state index contributed by atoms with van der Waals surface area (Å²) in [5.41, 5.74) is 10.9. The van der Waals surface area contributed by atoms with E-state index in [1.165, 1.54) is 39.8 Å². The van der Waals surface area contributed by atoms with Gasteiger partial charge in [-0.15, -0.1) is 0 Å². The first-order valence-electron chi connectivity index (χ1n) is 20.7. The summed E-state index contributed by atoms with van der Waals surface area (Å²) in [4.78, 5) is 26.4. The lowest BCUT2D eigenvalue weighted by Gasteiger charge is -2.27. The fraction of sp³-hybridized carbons (Fsp3) is 0.208. The molecule has 4 aliphatic rings. The van der Waals surface area contributed by atoms with Crippen LogP contribution in [0.5, 0.6) is 5.75 Å². The third-order valence-electron chi connectivity index (χ3n) is 12.1. The number of aromatic hydroxyl groups is 1. The van der Waals surface area contributed by atoms with Gasteiger partial charge in [-0.2, -0.15) is 4.58 Å². The number of rotatable bonds is 12. The zero-order valence-corrected chi connectivity index (χ0v) is 38.9. The molecule has 8 rings (SSSR count). The van der Waals surface area contributed by atoms with Crippen molar-refractivity contribution in [1.82, 2.24) is 5.32 Å². The number of anilines is 2. The fourth-order valence-electron chi connectivity index (χ4n) is 9.03. The van der Waals surface area contributed by atoms with Gasteiger partial charge in [0.1, 0.15) is 33.1 Å². The van der Waals surface area contributed by atoms with E-state index in [0.29, 0.717) is 56.1 Å². The van der Waals surface area contributed by atoms with E-state index in [-0.39, 0.29) is 46.3 Å². The molecule has 0 spiro atoms. The molecule has 0 saturated heterocycles. The van der Waals surface area contributed by atoms with Crippen LogP contribution in [0.3, 0.4) is 0 Å². The molecule has 0 fully saturated rings. The number of carboxylic acids is 1. The number of fused-ring (bicyclic) bond motifs is 4. The Bertz CT molecular complexity index is 3430. The summed E-state index contributed by atoms with van der Waals surface area (Å²) in [6.07, 6.45) is 5.00. The molecule has 0 unspecified atom stereocenters. The van der Waals surface area contributed by atoms with Crippen molar-refractivity contribution in [3.8, 4) is 28.2 Å². The Labute approximate surface area is 391 Å². The van der Waals surface area contributed by atoms with Crippen LogP contribution in [0.2, 0.25) is 0 Å². The maximum atomic E-state index is 12.8. The average Bonchev–Trinajstić information content (AvgIpc) is 3.57. The van der Waals surface area contributed by atoms with Crippen molar-refractivity contribution in [2.24, 2.45) is 5.73 Å². The number of aromatic carboxylic acids is 1. The normalized spacial score (nSPS) is 16.0. The molecule has 0 saturated carbocycles. The number of phenolic OH excluding ortho intramolecular Hbond substituents is 1. The van der Waals surface area contributed by atoms with Crippen LogP contribution in [0.25, 0.3) is 33.4 Å². The quantitative estimate of drug-likeness (QED) is 0.0378. The van der Waals surface area contributed by atoms with Gasteiger partial charge in [0.25, 0.3) is 0 Å². The number of nitrogens with two attached hydrogens (primary N) is 1. The number of allylic oxidation sites excluding steroid dienone is 4. The Morgan fingerprint density at radius 3 is 2.30 bits per heavy atom. The van der Waals surface area contributed by atoms with Crippen molar-refractivity contribution < 1.29 is 49.9 Å². The van der Waals surface area contributed by atoms with Crippen LogP contribution in [-0.2, 0) is 44.2 Å². The lowest BCUT2D eigenvalue weighted by molar-refractivity contribution is -0.416. The molecule has 19 heteroatoms. The highest BCUT2D eigenvalue weighted by Crippen LogP contribution is 2.49. The topological polar surface area (TPSA) is 258 Å². The Morgan fingerprint density at radius 2 is 1.60 bits per heavy atom. The summed E-state index contributed by atoms with van der Waals surface area (Å²) in [7, 11) is -9.51. The highest BCUT2D eigenvalue weighted by Gasteiger charge is 2.45. The number of nitrogens with zero attached hydrogens (tertiary/aromatic N) is 2. The number of benzene rings is 5.